The smallest absolute Gasteiger partial charge is 0.278 e. The predicted octanol–water partition coefficient (Wildman–Crippen LogP) is 5.26. The van der Waals surface area contributed by atoms with Crippen LogP contribution in [0.4, 0.5) is 14.5 Å². The monoisotopic (exact) mass is 466 g/mol. The van der Waals surface area contributed by atoms with E-state index in [9.17, 15) is 13.6 Å². The van der Waals surface area contributed by atoms with E-state index in [0.717, 1.165) is 29.0 Å². The van der Waals surface area contributed by atoms with Gasteiger partial charge in [-0.3, -0.25) is 9.48 Å². The van der Waals surface area contributed by atoms with E-state index in [2.05, 4.69) is 21.6 Å². The molecule has 0 aliphatic carbocycles. The number of anilines is 1. The topological polar surface area (TPSA) is 82.2 Å². The van der Waals surface area contributed by atoms with Crippen LogP contribution in [-0.4, -0.2) is 20.8 Å². The van der Waals surface area contributed by atoms with Gasteiger partial charge in [0.25, 0.3) is 5.91 Å². The Kier molecular flexibility index (Phi) is 6.45. The van der Waals surface area contributed by atoms with Gasteiger partial charge in [-0.2, -0.15) is 5.10 Å². The SMILES string of the molecule is Cc1cccc(Cn2nc(C)c(NC(=O)c3noc(C)c3COc3ccc(F)cc3F)c2C)c1. The second kappa shape index (κ2) is 9.46. The van der Waals surface area contributed by atoms with Crippen molar-refractivity contribution in [3.8, 4) is 5.75 Å². The van der Waals surface area contributed by atoms with Crippen molar-refractivity contribution in [1.82, 2.24) is 14.9 Å². The van der Waals surface area contributed by atoms with Gasteiger partial charge in [-0.05, 0) is 45.4 Å². The number of nitrogens with one attached hydrogen (secondary N) is 1. The Hall–Kier alpha value is -4.01. The molecule has 7 nitrogen and oxygen atoms in total. The number of aromatic nitrogens is 3. The van der Waals surface area contributed by atoms with Crippen LogP contribution >= 0.6 is 0 Å². The Morgan fingerprint density at radius 1 is 1.12 bits per heavy atom. The molecular weight excluding hydrogens is 442 g/mol. The van der Waals surface area contributed by atoms with Gasteiger partial charge in [-0.25, -0.2) is 8.78 Å². The lowest BCUT2D eigenvalue weighted by atomic mass is 10.1. The number of benzene rings is 2. The molecule has 2 heterocycles. The zero-order chi connectivity index (χ0) is 24.4. The Morgan fingerprint density at radius 3 is 2.65 bits per heavy atom. The average molecular weight is 466 g/mol. The first kappa shape index (κ1) is 23.2. The molecule has 0 radical (unpaired) electrons. The molecule has 34 heavy (non-hydrogen) atoms. The van der Waals surface area contributed by atoms with Crippen LogP contribution in [-0.2, 0) is 13.2 Å². The van der Waals surface area contributed by atoms with Crippen LogP contribution in [0.15, 0.2) is 47.0 Å². The Bertz CT molecular complexity index is 1360. The molecule has 9 heteroatoms. The highest BCUT2D eigenvalue weighted by Gasteiger charge is 2.23. The lowest BCUT2D eigenvalue weighted by Gasteiger charge is -2.09. The van der Waals surface area contributed by atoms with Crippen molar-refractivity contribution in [3.63, 3.8) is 0 Å². The summed E-state index contributed by atoms with van der Waals surface area (Å²) in [5, 5.41) is 11.3. The quantitative estimate of drug-likeness (QED) is 0.402. The van der Waals surface area contributed by atoms with Crippen LogP contribution in [0.25, 0.3) is 0 Å². The summed E-state index contributed by atoms with van der Waals surface area (Å²) in [6.45, 7) is 7.73. The van der Waals surface area contributed by atoms with Crippen LogP contribution in [0, 0.1) is 39.3 Å². The summed E-state index contributed by atoms with van der Waals surface area (Å²) in [7, 11) is 0. The summed E-state index contributed by atoms with van der Waals surface area (Å²) in [4.78, 5) is 13.0. The number of halogens is 2. The van der Waals surface area contributed by atoms with Crippen molar-refractivity contribution in [2.24, 2.45) is 0 Å². The van der Waals surface area contributed by atoms with Gasteiger partial charge in [0.1, 0.15) is 18.2 Å². The van der Waals surface area contributed by atoms with Crippen molar-refractivity contribution in [2.45, 2.75) is 40.8 Å². The van der Waals surface area contributed by atoms with Gasteiger partial charge in [0.05, 0.1) is 29.2 Å². The van der Waals surface area contributed by atoms with E-state index >= 15 is 0 Å². The number of hydrogen-bond donors (Lipinski definition) is 1. The Morgan fingerprint density at radius 2 is 1.91 bits per heavy atom. The first-order chi connectivity index (χ1) is 16.2. The van der Waals surface area contributed by atoms with Crippen molar-refractivity contribution in [1.29, 1.82) is 0 Å². The van der Waals surface area contributed by atoms with Crippen molar-refractivity contribution in [2.75, 3.05) is 5.32 Å². The van der Waals surface area contributed by atoms with E-state index < -0.39 is 17.5 Å². The van der Waals surface area contributed by atoms with Gasteiger partial charge in [0.2, 0.25) is 0 Å². The fourth-order valence-electron chi connectivity index (χ4n) is 3.67. The van der Waals surface area contributed by atoms with Crippen LogP contribution in [0.3, 0.4) is 0 Å². The third-order valence-electron chi connectivity index (χ3n) is 5.50. The van der Waals surface area contributed by atoms with E-state index in [-0.39, 0.29) is 18.1 Å². The molecule has 4 aromatic rings. The summed E-state index contributed by atoms with van der Waals surface area (Å²) >= 11 is 0. The van der Waals surface area contributed by atoms with E-state index in [4.69, 9.17) is 9.26 Å². The maximum atomic E-state index is 13.9. The summed E-state index contributed by atoms with van der Waals surface area (Å²) in [5.41, 5.74) is 4.67. The number of ether oxygens (including phenoxy) is 1. The van der Waals surface area contributed by atoms with Crippen LogP contribution in [0.5, 0.6) is 5.75 Å². The minimum atomic E-state index is -0.840. The molecule has 0 saturated heterocycles. The number of amides is 1. The number of rotatable bonds is 7. The molecule has 0 spiro atoms. The highest BCUT2D eigenvalue weighted by Crippen LogP contribution is 2.24. The largest absolute Gasteiger partial charge is 0.486 e. The maximum absolute atomic E-state index is 13.9. The third kappa shape index (κ3) is 4.83. The third-order valence-corrected chi connectivity index (χ3v) is 5.50. The maximum Gasteiger partial charge on any atom is 0.278 e. The van der Waals surface area contributed by atoms with Crippen LogP contribution in [0.2, 0.25) is 0 Å². The molecule has 0 unspecified atom stereocenters. The number of hydrogen-bond acceptors (Lipinski definition) is 5. The molecule has 1 N–H and O–H groups in total. The van der Waals surface area contributed by atoms with E-state index in [1.165, 1.54) is 6.07 Å². The van der Waals surface area contributed by atoms with Crippen molar-refractivity contribution < 1.29 is 22.8 Å². The van der Waals surface area contributed by atoms with Gasteiger partial charge >= 0.3 is 0 Å². The zero-order valence-corrected chi connectivity index (χ0v) is 19.3. The van der Waals surface area contributed by atoms with Gasteiger partial charge in [0, 0.05) is 6.07 Å². The molecule has 0 saturated carbocycles. The highest BCUT2D eigenvalue weighted by atomic mass is 19.1. The molecule has 2 aromatic heterocycles. The highest BCUT2D eigenvalue weighted by molar-refractivity contribution is 6.04. The number of carbonyl (C=O) groups is 1. The molecule has 1 amide bonds. The first-order valence-corrected chi connectivity index (χ1v) is 10.7. The number of aryl methyl sites for hydroxylation is 3. The molecule has 0 fully saturated rings. The normalized spacial score (nSPS) is 11.0. The summed E-state index contributed by atoms with van der Waals surface area (Å²) < 4.78 is 39.5. The molecule has 4 rings (SSSR count). The predicted molar refractivity (Wildman–Crippen MR) is 122 cm³/mol. The van der Waals surface area contributed by atoms with Crippen LogP contribution < -0.4 is 10.1 Å². The first-order valence-electron chi connectivity index (χ1n) is 10.7. The van der Waals surface area contributed by atoms with E-state index in [1.807, 2.05) is 43.7 Å². The molecular formula is C25H24F2N4O3. The zero-order valence-electron chi connectivity index (χ0n) is 19.3. The van der Waals surface area contributed by atoms with Crippen LogP contribution in [0.1, 0.15) is 44.3 Å². The minimum Gasteiger partial charge on any atom is -0.486 e. The Labute approximate surface area is 195 Å². The lowest BCUT2D eigenvalue weighted by molar-refractivity contribution is 0.101. The van der Waals surface area contributed by atoms with Gasteiger partial charge in [-0.1, -0.05) is 35.0 Å². The Balaban J connectivity index is 1.52. The van der Waals surface area contributed by atoms with Gasteiger partial charge in [0.15, 0.2) is 17.3 Å². The van der Waals surface area contributed by atoms with Gasteiger partial charge < -0.3 is 14.6 Å². The minimum absolute atomic E-state index is 0.0188. The molecule has 0 bridgehead atoms. The fraction of sp³-hybridized carbons (Fsp3) is 0.240. The molecule has 0 aliphatic heterocycles. The van der Waals surface area contributed by atoms with E-state index in [0.29, 0.717) is 29.2 Å². The molecule has 0 atom stereocenters. The molecule has 2 aromatic carbocycles. The molecule has 0 aliphatic rings. The summed E-state index contributed by atoms with van der Waals surface area (Å²) in [6.07, 6.45) is 0. The average Bonchev–Trinajstić information content (AvgIpc) is 3.27. The molecule has 176 valence electrons. The second-order valence-corrected chi connectivity index (χ2v) is 8.08. The second-order valence-electron chi connectivity index (χ2n) is 8.08. The summed E-state index contributed by atoms with van der Waals surface area (Å²) in [5.74, 6) is -1.84. The van der Waals surface area contributed by atoms with Crippen molar-refractivity contribution in [3.05, 3.63) is 93.6 Å². The summed E-state index contributed by atoms with van der Waals surface area (Å²) in [6, 6.07) is 11.1. The lowest BCUT2D eigenvalue weighted by Crippen LogP contribution is -2.16. The number of nitrogens with zero attached hydrogens (tertiary/aromatic N) is 3. The van der Waals surface area contributed by atoms with Gasteiger partial charge in [-0.15, -0.1) is 0 Å². The fourth-order valence-corrected chi connectivity index (χ4v) is 3.67. The standard InChI is InChI=1S/C25H24F2N4O3/c1-14-6-5-7-18(10-14)12-31-16(3)23(15(2)29-31)28-25(32)24-20(17(4)34-30-24)13-33-22-9-8-19(26)11-21(22)27/h5-11H,12-13H2,1-4H3,(H,28,32). The van der Waals surface area contributed by atoms with E-state index in [1.54, 1.807) is 6.92 Å². The van der Waals surface area contributed by atoms with Crippen molar-refractivity contribution >= 4 is 11.6 Å². The number of carbonyl (C=O) groups excluding carboxylic acids is 1.